The molecule has 1 aromatic heterocycles. The summed E-state index contributed by atoms with van der Waals surface area (Å²) in [6, 6.07) is 9.95. The number of nitriles is 1. The Bertz CT molecular complexity index is 1250. The van der Waals surface area contributed by atoms with Crippen LogP contribution in [0.5, 0.6) is 6.01 Å². The molecule has 0 N–H and O–H groups in total. The molecule has 1 aliphatic rings. The number of hydrogen-bond donors (Lipinski definition) is 0. The van der Waals surface area contributed by atoms with Gasteiger partial charge in [-0.1, -0.05) is 83.3 Å². The average molecular weight is 598 g/mol. The summed E-state index contributed by atoms with van der Waals surface area (Å²) in [5.74, 6) is -0.466. The van der Waals surface area contributed by atoms with Gasteiger partial charge in [-0.25, -0.2) is 4.39 Å². The van der Waals surface area contributed by atoms with Crippen molar-refractivity contribution in [1.29, 1.82) is 5.26 Å². The Morgan fingerprint density at radius 3 is 2.60 bits per heavy atom. The Morgan fingerprint density at radius 1 is 1.19 bits per heavy atom. The van der Waals surface area contributed by atoms with E-state index in [1.807, 2.05) is 18.2 Å². The van der Waals surface area contributed by atoms with Gasteiger partial charge in [-0.05, 0) is 49.1 Å². The van der Waals surface area contributed by atoms with Gasteiger partial charge in [0.05, 0.1) is 30.8 Å². The number of carbonyl (C=O) groups is 1. The zero-order valence-electron chi connectivity index (χ0n) is 25.5. The normalized spacial score (nSPS) is 16.5. The number of benzene rings is 1. The van der Waals surface area contributed by atoms with Crippen LogP contribution in [0.1, 0.15) is 89.0 Å². The molecular formula is C33H45ClFN5O2. The second-order valence-electron chi connectivity index (χ2n) is 11.2. The van der Waals surface area contributed by atoms with E-state index in [1.54, 1.807) is 0 Å². The van der Waals surface area contributed by atoms with Gasteiger partial charge in [0, 0.05) is 30.2 Å². The van der Waals surface area contributed by atoms with Gasteiger partial charge >= 0.3 is 6.01 Å². The highest BCUT2D eigenvalue weighted by Crippen LogP contribution is 2.34. The van der Waals surface area contributed by atoms with Crippen molar-refractivity contribution in [3.63, 3.8) is 0 Å². The molecule has 0 saturated carbocycles. The molecule has 1 saturated heterocycles. The molecule has 9 heteroatoms. The SMILES string of the molecule is C=C(F)C(=O)N1CCN(c2nc(OCC(CC)CCC)nc(C(C)CCc3ccccc3Cl)c2CCC)CC1CC#N. The standard InChI is InChI=1S/C33H45ClFN5O2/c1-6-11-25(8-3)22-42-33-37-30(23(4)15-16-26-13-9-10-14-29(26)34)28(12-7-2)31(38-33)39-19-20-40(32(41)24(5)35)27(21-39)17-18-36/h9-10,13-14,23,25,27H,5-8,11-12,15-17,19-22H2,1-4H3. The number of carbonyl (C=O) groups excluding carboxylic acids is 1. The van der Waals surface area contributed by atoms with E-state index >= 15 is 0 Å². The van der Waals surface area contributed by atoms with Crippen molar-refractivity contribution in [2.24, 2.45) is 5.92 Å². The summed E-state index contributed by atoms with van der Waals surface area (Å²) >= 11 is 6.46. The first-order valence-electron chi connectivity index (χ1n) is 15.3. The second-order valence-corrected chi connectivity index (χ2v) is 11.6. The highest BCUT2D eigenvalue weighted by Gasteiger charge is 2.34. The third kappa shape index (κ3) is 8.67. The van der Waals surface area contributed by atoms with E-state index in [-0.39, 0.29) is 18.9 Å². The lowest BCUT2D eigenvalue weighted by molar-refractivity contribution is -0.131. The van der Waals surface area contributed by atoms with Crippen LogP contribution in [0.2, 0.25) is 5.02 Å². The highest BCUT2D eigenvalue weighted by atomic mass is 35.5. The van der Waals surface area contributed by atoms with E-state index in [4.69, 9.17) is 26.3 Å². The minimum Gasteiger partial charge on any atom is -0.463 e. The van der Waals surface area contributed by atoms with E-state index in [9.17, 15) is 14.4 Å². The fourth-order valence-corrected chi connectivity index (χ4v) is 5.89. The summed E-state index contributed by atoms with van der Waals surface area (Å²) in [5.41, 5.74) is 3.12. The van der Waals surface area contributed by atoms with Gasteiger partial charge in [0.2, 0.25) is 0 Å². The van der Waals surface area contributed by atoms with Crippen LogP contribution < -0.4 is 9.64 Å². The van der Waals surface area contributed by atoms with Gasteiger partial charge in [0.25, 0.3) is 5.91 Å². The molecule has 1 amide bonds. The van der Waals surface area contributed by atoms with Gasteiger partial charge in [-0.2, -0.15) is 15.2 Å². The van der Waals surface area contributed by atoms with E-state index in [2.05, 4.69) is 51.3 Å². The van der Waals surface area contributed by atoms with Crippen LogP contribution in [0.4, 0.5) is 10.2 Å². The van der Waals surface area contributed by atoms with Crippen molar-refractivity contribution >= 4 is 23.3 Å². The first kappa shape index (κ1) is 33.3. The van der Waals surface area contributed by atoms with Crippen LogP contribution in [0.3, 0.4) is 0 Å². The maximum absolute atomic E-state index is 13.8. The van der Waals surface area contributed by atoms with Crippen LogP contribution >= 0.6 is 11.6 Å². The number of nitrogens with zero attached hydrogens (tertiary/aromatic N) is 5. The van der Waals surface area contributed by atoms with Crippen molar-refractivity contribution in [2.45, 2.75) is 91.0 Å². The largest absolute Gasteiger partial charge is 0.463 e. The van der Waals surface area contributed by atoms with Crippen LogP contribution in [0.25, 0.3) is 0 Å². The molecule has 228 valence electrons. The zero-order valence-corrected chi connectivity index (χ0v) is 26.3. The number of halogens is 2. The molecule has 0 bridgehead atoms. The molecule has 3 rings (SSSR count). The summed E-state index contributed by atoms with van der Waals surface area (Å²) in [7, 11) is 0. The summed E-state index contributed by atoms with van der Waals surface area (Å²) < 4.78 is 20.1. The van der Waals surface area contributed by atoms with E-state index in [1.165, 1.54) is 4.90 Å². The first-order valence-corrected chi connectivity index (χ1v) is 15.7. The third-order valence-corrected chi connectivity index (χ3v) is 8.46. The fourth-order valence-electron chi connectivity index (χ4n) is 5.66. The van der Waals surface area contributed by atoms with Crippen LogP contribution in [-0.2, 0) is 17.6 Å². The predicted molar refractivity (Wildman–Crippen MR) is 167 cm³/mol. The lowest BCUT2D eigenvalue weighted by Crippen LogP contribution is -2.55. The topological polar surface area (TPSA) is 82.3 Å². The summed E-state index contributed by atoms with van der Waals surface area (Å²) in [4.78, 5) is 26.0. The Hall–Kier alpha value is -3.18. The maximum Gasteiger partial charge on any atom is 0.318 e. The Balaban J connectivity index is 2.00. The van der Waals surface area contributed by atoms with Crippen molar-refractivity contribution < 1.29 is 13.9 Å². The molecule has 2 heterocycles. The predicted octanol–water partition coefficient (Wildman–Crippen LogP) is 7.44. The summed E-state index contributed by atoms with van der Waals surface area (Å²) in [6.45, 7) is 13.5. The molecular weight excluding hydrogens is 553 g/mol. The lowest BCUT2D eigenvalue weighted by Gasteiger charge is -2.41. The molecule has 3 unspecified atom stereocenters. The molecule has 1 fully saturated rings. The van der Waals surface area contributed by atoms with E-state index in [0.717, 1.165) is 72.6 Å². The van der Waals surface area contributed by atoms with Gasteiger partial charge in [0.15, 0.2) is 5.83 Å². The number of aryl methyl sites for hydroxylation is 1. The number of rotatable bonds is 15. The van der Waals surface area contributed by atoms with Crippen LogP contribution in [0, 0.1) is 17.2 Å². The number of hydrogen-bond acceptors (Lipinski definition) is 6. The zero-order chi connectivity index (χ0) is 30.6. The molecule has 1 aromatic carbocycles. The number of piperazine rings is 1. The van der Waals surface area contributed by atoms with Crippen molar-refractivity contribution in [2.75, 3.05) is 31.1 Å². The fraction of sp³-hybridized carbons (Fsp3) is 0.576. The molecule has 0 spiro atoms. The Morgan fingerprint density at radius 2 is 1.95 bits per heavy atom. The van der Waals surface area contributed by atoms with Gasteiger partial charge < -0.3 is 14.5 Å². The molecule has 0 aliphatic carbocycles. The van der Waals surface area contributed by atoms with Gasteiger partial charge in [-0.3, -0.25) is 4.79 Å². The summed E-state index contributed by atoms with van der Waals surface area (Å²) in [6.07, 6.45) is 6.60. The number of aromatic nitrogens is 2. The quantitative estimate of drug-likeness (QED) is 0.198. The van der Waals surface area contributed by atoms with Crippen LogP contribution in [0.15, 0.2) is 36.7 Å². The van der Waals surface area contributed by atoms with E-state index < -0.39 is 17.8 Å². The molecule has 2 aromatic rings. The minimum atomic E-state index is -1.01. The highest BCUT2D eigenvalue weighted by molar-refractivity contribution is 6.31. The monoisotopic (exact) mass is 597 g/mol. The average Bonchev–Trinajstić information content (AvgIpc) is 2.98. The number of anilines is 1. The van der Waals surface area contributed by atoms with E-state index in [0.29, 0.717) is 31.6 Å². The van der Waals surface area contributed by atoms with Gasteiger partial charge in [0.1, 0.15) is 5.82 Å². The maximum atomic E-state index is 13.8. The van der Waals surface area contributed by atoms with Crippen LogP contribution in [-0.4, -0.2) is 53.1 Å². The first-order chi connectivity index (χ1) is 20.2. The third-order valence-electron chi connectivity index (χ3n) is 8.09. The number of amides is 1. The molecule has 1 aliphatic heterocycles. The molecule has 3 atom stereocenters. The minimum absolute atomic E-state index is 0.0867. The number of ether oxygens (including phenoxy) is 1. The molecule has 42 heavy (non-hydrogen) atoms. The summed E-state index contributed by atoms with van der Waals surface area (Å²) in [5, 5.41) is 10.3. The molecule has 0 radical (unpaired) electrons. The molecule has 7 nitrogen and oxygen atoms in total. The second kappa shape index (κ2) is 16.5. The smallest absolute Gasteiger partial charge is 0.318 e. The Labute approximate surface area is 255 Å². The van der Waals surface area contributed by atoms with Crippen molar-refractivity contribution in [1.82, 2.24) is 14.9 Å². The lowest BCUT2D eigenvalue weighted by atomic mass is 9.93. The van der Waals surface area contributed by atoms with Gasteiger partial charge in [-0.15, -0.1) is 0 Å². The van der Waals surface area contributed by atoms with Crippen molar-refractivity contribution in [3.05, 3.63) is 58.5 Å². The Kier molecular flexibility index (Phi) is 13.1. The van der Waals surface area contributed by atoms with Crippen molar-refractivity contribution in [3.8, 4) is 12.1 Å².